The summed E-state index contributed by atoms with van der Waals surface area (Å²) >= 11 is 0. The summed E-state index contributed by atoms with van der Waals surface area (Å²) in [6.45, 7) is 4.88. The number of methoxy groups -OCH3 is 1. The second-order valence-corrected chi connectivity index (χ2v) is 5.09. The molecular formula is C16H23NO3. The van der Waals surface area contributed by atoms with Crippen molar-refractivity contribution in [3.63, 3.8) is 0 Å². The molecule has 0 amide bonds. The van der Waals surface area contributed by atoms with E-state index < -0.39 is 0 Å². The van der Waals surface area contributed by atoms with Crippen LogP contribution in [0.4, 0.5) is 0 Å². The second-order valence-electron chi connectivity index (χ2n) is 5.09. The summed E-state index contributed by atoms with van der Waals surface area (Å²) in [5.41, 5.74) is 0.540. The van der Waals surface area contributed by atoms with Crippen molar-refractivity contribution in [3.05, 3.63) is 30.0 Å². The maximum Gasteiger partial charge on any atom is 0.176 e. The minimum atomic E-state index is -0.233. The quantitative estimate of drug-likeness (QED) is 0.816. The molecule has 0 aliphatic heterocycles. The Kier molecular flexibility index (Phi) is 4.68. The van der Waals surface area contributed by atoms with E-state index in [1.165, 1.54) is 0 Å². The standard InChI is InChI=1S/C16H23NO3/c1-4-16(5-2,11-18)17-10-13-9-12-7-6-8-14(19-3)15(12)20-13/h6-9,17-18H,4-5,10-11H2,1-3H3. The van der Waals surface area contributed by atoms with Crippen molar-refractivity contribution in [2.24, 2.45) is 0 Å². The zero-order chi connectivity index (χ0) is 14.6. The monoisotopic (exact) mass is 277 g/mol. The molecule has 2 rings (SSSR count). The first kappa shape index (κ1) is 14.9. The number of aliphatic hydroxyl groups is 1. The van der Waals surface area contributed by atoms with Crippen LogP contribution in [0.15, 0.2) is 28.7 Å². The lowest BCUT2D eigenvalue weighted by atomic mass is 9.94. The molecule has 0 fully saturated rings. The Labute approximate surface area is 119 Å². The second kappa shape index (κ2) is 6.29. The zero-order valence-electron chi connectivity index (χ0n) is 12.4. The van der Waals surface area contributed by atoms with Crippen LogP contribution in [-0.4, -0.2) is 24.4 Å². The van der Waals surface area contributed by atoms with E-state index in [0.717, 1.165) is 35.3 Å². The first-order valence-electron chi connectivity index (χ1n) is 7.09. The van der Waals surface area contributed by atoms with Crippen LogP contribution in [0.1, 0.15) is 32.4 Å². The minimum Gasteiger partial charge on any atom is -0.493 e. The number of ether oxygens (including phenoxy) is 1. The molecule has 20 heavy (non-hydrogen) atoms. The molecule has 2 N–H and O–H groups in total. The number of rotatable bonds is 7. The van der Waals surface area contributed by atoms with Gasteiger partial charge >= 0.3 is 0 Å². The largest absolute Gasteiger partial charge is 0.493 e. The molecule has 0 saturated carbocycles. The van der Waals surface area contributed by atoms with E-state index >= 15 is 0 Å². The van der Waals surface area contributed by atoms with E-state index in [1.807, 2.05) is 24.3 Å². The van der Waals surface area contributed by atoms with E-state index in [0.29, 0.717) is 6.54 Å². The van der Waals surface area contributed by atoms with Gasteiger partial charge in [-0.25, -0.2) is 0 Å². The van der Waals surface area contributed by atoms with Gasteiger partial charge in [0, 0.05) is 10.9 Å². The van der Waals surface area contributed by atoms with E-state index in [4.69, 9.17) is 9.15 Å². The average Bonchev–Trinajstić information content (AvgIpc) is 2.92. The molecule has 0 aliphatic rings. The van der Waals surface area contributed by atoms with Crippen LogP contribution < -0.4 is 10.1 Å². The van der Waals surface area contributed by atoms with Gasteiger partial charge in [-0.3, -0.25) is 0 Å². The molecule has 0 spiro atoms. The maximum absolute atomic E-state index is 9.56. The summed E-state index contributed by atoms with van der Waals surface area (Å²) in [6.07, 6.45) is 1.76. The number of hydrogen-bond donors (Lipinski definition) is 2. The van der Waals surface area contributed by atoms with Crippen LogP contribution in [0.2, 0.25) is 0 Å². The molecule has 2 aromatic rings. The highest BCUT2D eigenvalue weighted by Gasteiger charge is 2.24. The molecular weight excluding hydrogens is 254 g/mol. The molecule has 1 aromatic carbocycles. The molecule has 1 aromatic heterocycles. The highest BCUT2D eigenvalue weighted by atomic mass is 16.5. The van der Waals surface area contributed by atoms with Gasteiger partial charge in [0.2, 0.25) is 0 Å². The van der Waals surface area contributed by atoms with Crippen LogP contribution in [0.25, 0.3) is 11.0 Å². The third-order valence-electron chi connectivity index (χ3n) is 4.07. The van der Waals surface area contributed by atoms with Gasteiger partial charge in [0.1, 0.15) is 5.76 Å². The van der Waals surface area contributed by atoms with Gasteiger partial charge in [-0.2, -0.15) is 0 Å². The summed E-state index contributed by atoms with van der Waals surface area (Å²) in [6, 6.07) is 7.85. The summed E-state index contributed by atoms with van der Waals surface area (Å²) in [4.78, 5) is 0. The smallest absolute Gasteiger partial charge is 0.176 e. The van der Waals surface area contributed by atoms with Crippen LogP contribution >= 0.6 is 0 Å². The summed E-state index contributed by atoms with van der Waals surface area (Å²) < 4.78 is 11.1. The fourth-order valence-electron chi connectivity index (χ4n) is 2.39. The van der Waals surface area contributed by atoms with Crippen LogP contribution in [0.3, 0.4) is 0 Å². The van der Waals surface area contributed by atoms with Gasteiger partial charge in [-0.15, -0.1) is 0 Å². The van der Waals surface area contributed by atoms with Crippen molar-refractivity contribution in [2.45, 2.75) is 38.8 Å². The fourth-order valence-corrected chi connectivity index (χ4v) is 2.39. The Morgan fingerprint density at radius 3 is 2.65 bits per heavy atom. The fraction of sp³-hybridized carbons (Fsp3) is 0.500. The Bertz CT molecular complexity index is 550. The molecule has 0 bridgehead atoms. The van der Waals surface area contributed by atoms with Gasteiger partial charge in [0.15, 0.2) is 11.3 Å². The van der Waals surface area contributed by atoms with Crippen molar-refractivity contribution in [3.8, 4) is 5.75 Å². The lowest BCUT2D eigenvalue weighted by Gasteiger charge is -2.30. The Morgan fingerprint density at radius 2 is 2.05 bits per heavy atom. The van der Waals surface area contributed by atoms with Gasteiger partial charge in [-0.05, 0) is 25.0 Å². The Morgan fingerprint density at radius 1 is 1.30 bits per heavy atom. The first-order chi connectivity index (χ1) is 9.68. The predicted octanol–water partition coefficient (Wildman–Crippen LogP) is 3.08. The molecule has 0 atom stereocenters. The van der Waals surface area contributed by atoms with Gasteiger partial charge in [0.25, 0.3) is 0 Å². The molecule has 0 radical (unpaired) electrons. The normalized spacial score (nSPS) is 12.0. The van der Waals surface area contributed by atoms with E-state index in [-0.39, 0.29) is 12.1 Å². The summed E-state index contributed by atoms with van der Waals surface area (Å²) in [7, 11) is 1.64. The third-order valence-corrected chi connectivity index (χ3v) is 4.07. The third kappa shape index (κ3) is 2.81. The number of nitrogens with one attached hydrogen (secondary N) is 1. The molecule has 0 aliphatic carbocycles. The number of fused-ring (bicyclic) bond motifs is 1. The highest BCUT2D eigenvalue weighted by Crippen LogP contribution is 2.28. The van der Waals surface area contributed by atoms with Crippen LogP contribution in [0.5, 0.6) is 5.75 Å². The topological polar surface area (TPSA) is 54.6 Å². The summed E-state index contributed by atoms with van der Waals surface area (Å²) in [5.74, 6) is 1.59. The first-order valence-corrected chi connectivity index (χ1v) is 7.09. The van der Waals surface area contributed by atoms with Gasteiger partial charge in [-0.1, -0.05) is 26.0 Å². The lowest BCUT2D eigenvalue weighted by Crippen LogP contribution is -2.46. The molecule has 1 heterocycles. The predicted molar refractivity (Wildman–Crippen MR) is 80.0 cm³/mol. The molecule has 4 nitrogen and oxygen atoms in total. The molecule has 110 valence electrons. The Hall–Kier alpha value is -1.52. The molecule has 4 heteroatoms. The van der Waals surface area contributed by atoms with E-state index in [2.05, 4.69) is 19.2 Å². The van der Waals surface area contributed by atoms with Gasteiger partial charge < -0.3 is 19.6 Å². The van der Waals surface area contributed by atoms with Gasteiger partial charge in [0.05, 0.1) is 20.3 Å². The molecule has 0 unspecified atom stereocenters. The van der Waals surface area contributed by atoms with Crippen LogP contribution in [-0.2, 0) is 6.54 Å². The van der Waals surface area contributed by atoms with Crippen molar-refractivity contribution in [1.82, 2.24) is 5.32 Å². The van der Waals surface area contributed by atoms with Crippen molar-refractivity contribution in [2.75, 3.05) is 13.7 Å². The van der Waals surface area contributed by atoms with Crippen LogP contribution in [0, 0.1) is 0 Å². The van der Waals surface area contributed by atoms with Crippen molar-refractivity contribution >= 4 is 11.0 Å². The van der Waals surface area contributed by atoms with E-state index in [1.54, 1.807) is 7.11 Å². The minimum absolute atomic E-state index is 0.129. The number of furan rings is 1. The lowest BCUT2D eigenvalue weighted by molar-refractivity contribution is 0.147. The average molecular weight is 277 g/mol. The maximum atomic E-state index is 9.56. The highest BCUT2D eigenvalue weighted by molar-refractivity contribution is 5.83. The number of para-hydroxylation sites is 1. The molecule has 0 saturated heterocycles. The number of aliphatic hydroxyl groups excluding tert-OH is 1. The van der Waals surface area contributed by atoms with Crippen molar-refractivity contribution < 1.29 is 14.3 Å². The Balaban J connectivity index is 2.18. The number of hydrogen-bond acceptors (Lipinski definition) is 4. The SMILES string of the molecule is CCC(CC)(CO)NCc1cc2cccc(OC)c2o1. The van der Waals surface area contributed by atoms with E-state index in [9.17, 15) is 5.11 Å². The number of benzene rings is 1. The van der Waals surface area contributed by atoms with Crippen molar-refractivity contribution in [1.29, 1.82) is 0 Å². The zero-order valence-corrected chi connectivity index (χ0v) is 12.4. The summed E-state index contributed by atoms with van der Waals surface area (Å²) in [5, 5.41) is 14.0.